The highest BCUT2D eigenvalue weighted by molar-refractivity contribution is 5.79. The van der Waals surface area contributed by atoms with Crippen molar-refractivity contribution in [3.8, 4) is 0 Å². The van der Waals surface area contributed by atoms with Gasteiger partial charge in [0.1, 0.15) is 5.60 Å². The normalized spacial score (nSPS) is 46.9. The molecule has 0 aliphatic heterocycles. The molecule has 0 heterocycles. The van der Waals surface area contributed by atoms with E-state index in [-0.39, 0.29) is 6.42 Å². The minimum absolute atomic E-state index is 0.183. The predicted octanol–water partition coefficient (Wildman–Crippen LogP) is 3.88. The molecule has 0 N–H and O–H groups in total. The van der Waals surface area contributed by atoms with Crippen LogP contribution in [0.4, 0.5) is 4.39 Å². The fourth-order valence-electron chi connectivity index (χ4n) is 4.74. The number of hydrogen-bond donors (Lipinski definition) is 0. The lowest BCUT2D eigenvalue weighted by atomic mass is 9.50. The van der Waals surface area contributed by atoms with Crippen molar-refractivity contribution in [2.24, 2.45) is 23.7 Å². The van der Waals surface area contributed by atoms with Gasteiger partial charge in [0, 0.05) is 0 Å². The van der Waals surface area contributed by atoms with Crippen LogP contribution in [0.15, 0.2) is 0 Å². The second kappa shape index (κ2) is 4.20. The maximum Gasteiger partial charge on any atom is 0.344 e. The lowest BCUT2D eigenvalue weighted by Crippen LogP contribution is -2.59. The van der Waals surface area contributed by atoms with Crippen molar-refractivity contribution in [3.05, 3.63) is 0 Å². The van der Waals surface area contributed by atoms with E-state index in [0.29, 0.717) is 11.8 Å². The Kier molecular flexibility index (Phi) is 2.96. The highest BCUT2D eigenvalue weighted by Crippen LogP contribution is 2.59. The molecular formula is C16H25FO2. The first-order chi connectivity index (χ1) is 8.85. The Morgan fingerprint density at radius 2 is 1.68 bits per heavy atom. The largest absolute Gasteiger partial charge is 0.456 e. The molecule has 4 fully saturated rings. The van der Waals surface area contributed by atoms with Crippen molar-refractivity contribution in [2.45, 2.75) is 70.6 Å². The number of carbonyl (C=O) groups excluding carboxylic acids is 1. The van der Waals surface area contributed by atoms with E-state index in [1.54, 1.807) is 6.92 Å². The predicted molar refractivity (Wildman–Crippen MR) is 71.3 cm³/mol. The molecule has 0 aromatic carbocycles. The molecule has 4 saturated carbocycles. The van der Waals surface area contributed by atoms with Crippen LogP contribution in [0.3, 0.4) is 0 Å². The minimum atomic E-state index is -1.84. The number of esters is 1. The van der Waals surface area contributed by atoms with Gasteiger partial charge in [-0.2, -0.15) is 0 Å². The van der Waals surface area contributed by atoms with E-state index >= 15 is 0 Å². The average Bonchev–Trinajstić information content (AvgIpc) is 2.35. The van der Waals surface area contributed by atoms with Gasteiger partial charge in [-0.1, -0.05) is 6.92 Å². The Hall–Kier alpha value is -0.600. The second-order valence-corrected chi connectivity index (χ2v) is 7.43. The molecule has 108 valence electrons. The van der Waals surface area contributed by atoms with Gasteiger partial charge in [0.05, 0.1) is 0 Å². The molecule has 4 aliphatic rings. The van der Waals surface area contributed by atoms with Gasteiger partial charge in [0.25, 0.3) is 0 Å². The van der Waals surface area contributed by atoms with E-state index in [2.05, 4.69) is 6.92 Å². The van der Waals surface area contributed by atoms with E-state index in [1.165, 1.54) is 39.0 Å². The van der Waals surface area contributed by atoms with Gasteiger partial charge in [-0.05, 0) is 76.0 Å². The van der Waals surface area contributed by atoms with Crippen LogP contribution in [-0.2, 0) is 9.53 Å². The summed E-state index contributed by atoms with van der Waals surface area (Å²) in [5.74, 6) is 1.93. The first-order valence-corrected chi connectivity index (χ1v) is 7.77. The zero-order valence-electron chi connectivity index (χ0n) is 12.2. The van der Waals surface area contributed by atoms with Crippen LogP contribution in [0.25, 0.3) is 0 Å². The highest BCUT2D eigenvalue weighted by atomic mass is 19.1. The van der Waals surface area contributed by atoms with Crippen molar-refractivity contribution in [3.63, 3.8) is 0 Å². The SMILES string of the molecule is CCC(C)(F)C(=O)OC1(C)C2CC3CC(C2)CC1C3. The zero-order chi connectivity index (χ0) is 13.8. The lowest BCUT2D eigenvalue weighted by Gasteiger charge is -2.59. The Morgan fingerprint density at radius 1 is 1.21 bits per heavy atom. The van der Waals surface area contributed by atoms with Gasteiger partial charge in [0.2, 0.25) is 5.67 Å². The third kappa shape index (κ3) is 2.00. The summed E-state index contributed by atoms with van der Waals surface area (Å²) in [6, 6.07) is 0. The summed E-state index contributed by atoms with van der Waals surface area (Å²) >= 11 is 0. The molecule has 0 aromatic heterocycles. The van der Waals surface area contributed by atoms with Gasteiger partial charge in [-0.3, -0.25) is 0 Å². The summed E-state index contributed by atoms with van der Waals surface area (Å²) in [4.78, 5) is 12.1. The average molecular weight is 268 g/mol. The van der Waals surface area contributed by atoms with Crippen LogP contribution in [0.5, 0.6) is 0 Å². The highest BCUT2D eigenvalue weighted by Gasteiger charge is 2.57. The van der Waals surface area contributed by atoms with Gasteiger partial charge in [-0.15, -0.1) is 0 Å². The smallest absolute Gasteiger partial charge is 0.344 e. The van der Waals surface area contributed by atoms with E-state index in [9.17, 15) is 9.18 Å². The maximum atomic E-state index is 14.1. The first-order valence-electron chi connectivity index (χ1n) is 7.77. The van der Waals surface area contributed by atoms with Crippen molar-refractivity contribution >= 4 is 5.97 Å². The summed E-state index contributed by atoms with van der Waals surface area (Å²) < 4.78 is 19.9. The molecular weight excluding hydrogens is 243 g/mol. The third-order valence-corrected chi connectivity index (χ3v) is 6.16. The van der Waals surface area contributed by atoms with Crippen molar-refractivity contribution in [2.75, 3.05) is 0 Å². The van der Waals surface area contributed by atoms with Crippen LogP contribution in [0.1, 0.15) is 59.3 Å². The van der Waals surface area contributed by atoms with Crippen LogP contribution in [0, 0.1) is 23.7 Å². The van der Waals surface area contributed by atoms with Crippen LogP contribution in [0.2, 0.25) is 0 Å². The minimum Gasteiger partial charge on any atom is -0.456 e. The van der Waals surface area contributed by atoms with Gasteiger partial charge in [0.15, 0.2) is 0 Å². The fourth-order valence-corrected chi connectivity index (χ4v) is 4.74. The molecule has 4 bridgehead atoms. The summed E-state index contributed by atoms with van der Waals surface area (Å²) in [5, 5.41) is 0. The summed E-state index contributed by atoms with van der Waals surface area (Å²) in [7, 11) is 0. The molecule has 0 saturated heterocycles. The molecule has 1 unspecified atom stereocenters. The molecule has 0 radical (unpaired) electrons. The Bertz CT molecular complexity index is 360. The summed E-state index contributed by atoms with van der Waals surface area (Å²) in [5.41, 5.74) is -2.25. The number of carbonyl (C=O) groups is 1. The van der Waals surface area contributed by atoms with Crippen LogP contribution in [-0.4, -0.2) is 17.2 Å². The molecule has 4 rings (SSSR count). The van der Waals surface area contributed by atoms with Crippen molar-refractivity contribution < 1.29 is 13.9 Å². The Labute approximate surface area is 115 Å². The number of halogens is 1. The Balaban J connectivity index is 1.78. The quantitative estimate of drug-likeness (QED) is 0.726. The lowest BCUT2D eigenvalue weighted by molar-refractivity contribution is -0.212. The maximum absolute atomic E-state index is 14.1. The van der Waals surface area contributed by atoms with E-state index in [0.717, 1.165) is 11.8 Å². The molecule has 4 aliphatic carbocycles. The summed E-state index contributed by atoms with van der Waals surface area (Å²) in [6.07, 6.45) is 6.24. The second-order valence-electron chi connectivity index (χ2n) is 7.43. The van der Waals surface area contributed by atoms with Crippen LogP contribution >= 0.6 is 0 Å². The summed E-state index contributed by atoms with van der Waals surface area (Å²) in [6.45, 7) is 5.10. The van der Waals surface area contributed by atoms with Crippen molar-refractivity contribution in [1.29, 1.82) is 0 Å². The van der Waals surface area contributed by atoms with Gasteiger partial charge >= 0.3 is 5.97 Å². The monoisotopic (exact) mass is 268 g/mol. The number of hydrogen-bond acceptors (Lipinski definition) is 2. The third-order valence-electron chi connectivity index (χ3n) is 6.16. The van der Waals surface area contributed by atoms with E-state index in [4.69, 9.17) is 4.74 Å². The van der Waals surface area contributed by atoms with Gasteiger partial charge < -0.3 is 4.74 Å². The number of ether oxygens (including phenoxy) is 1. The van der Waals surface area contributed by atoms with E-state index in [1.807, 2.05) is 0 Å². The molecule has 19 heavy (non-hydrogen) atoms. The molecule has 0 spiro atoms. The van der Waals surface area contributed by atoms with E-state index < -0.39 is 17.2 Å². The first kappa shape index (κ1) is 13.4. The molecule has 1 atom stereocenters. The van der Waals surface area contributed by atoms with Crippen LogP contribution < -0.4 is 0 Å². The molecule has 0 aromatic rings. The topological polar surface area (TPSA) is 26.3 Å². The molecule has 0 amide bonds. The standard InChI is InChI=1S/C16H25FO2/c1-4-15(2,17)14(18)19-16(3)12-6-10-5-11(8-12)9-13(16)7-10/h10-13H,4-9H2,1-3H3. The number of alkyl halides is 1. The molecule has 3 heteroatoms. The molecule has 2 nitrogen and oxygen atoms in total. The fraction of sp³-hybridized carbons (Fsp3) is 0.938. The zero-order valence-corrected chi connectivity index (χ0v) is 12.2. The Morgan fingerprint density at radius 3 is 2.11 bits per heavy atom. The number of rotatable bonds is 3. The van der Waals surface area contributed by atoms with Crippen molar-refractivity contribution in [1.82, 2.24) is 0 Å². The van der Waals surface area contributed by atoms with Gasteiger partial charge in [-0.25, -0.2) is 9.18 Å².